The van der Waals surface area contributed by atoms with Crippen molar-refractivity contribution >= 4 is 28.3 Å². The van der Waals surface area contributed by atoms with E-state index in [9.17, 15) is 9.59 Å². The van der Waals surface area contributed by atoms with Gasteiger partial charge in [0.15, 0.2) is 10.8 Å². The van der Waals surface area contributed by atoms with E-state index in [0.717, 1.165) is 0 Å². The lowest BCUT2D eigenvalue weighted by Gasteiger charge is -2.01. The first kappa shape index (κ1) is 13.2. The molecule has 0 fully saturated rings. The highest BCUT2D eigenvalue weighted by Crippen LogP contribution is 2.16. The molecule has 0 aliphatic heterocycles. The molecule has 0 radical (unpaired) electrons. The van der Waals surface area contributed by atoms with Gasteiger partial charge in [-0.2, -0.15) is 5.10 Å². The molecule has 1 amide bonds. The van der Waals surface area contributed by atoms with Gasteiger partial charge in [-0.25, -0.2) is 9.78 Å². The van der Waals surface area contributed by atoms with Crippen LogP contribution in [-0.2, 0) is 16.1 Å². The van der Waals surface area contributed by atoms with Crippen LogP contribution >= 0.6 is 11.3 Å². The van der Waals surface area contributed by atoms with Gasteiger partial charge in [-0.15, -0.1) is 11.3 Å². The molecule has 0 spiro atoms. The van der Waals surface area contributed by atoms with Crippen LogP contribution in [0.5, 0.6) is 0 Å². The molecule has 7 nitrogen and oxygen atoms in total. The molecule has 0 saturated carbocycles. The zero-order chi connectivity index (χ0) is 13.7. The molecule has 2 aromatic heterocycles. The summed E-state index contributed by atoms with van der Waals surface area (Å²) in [6.45, 7) is 2.11. The highest BCUT2D eigenvalue weighted by molar-refractivity contribution is 7.14. The number of rotatable bonds is 5. The van der Waals surface area contributed by atoms with Gasteiger partial charge in [0.05, 0.1) is 6.61 Å². The number of thiazole rings is 1. The van der Waals surface area contributed by atoms with Gasteiger partial charge in [0.2, 0.25) is 5.91 Å². The molecule has 0 aromatic carbocycles. The van der Waals surface area contributed by atoms with E-state index < -0.39 is 5.97 Å². The molecule has 0 saturated heterocycles. The lowest BCUT2D eigenvalue weighted by atomic mass is 10.5. The summed E-state index contributed by atoms with van der Waals surface area (Å²) < 4.78 is 6.31. The number of aromatic nitrogens is 3. The van der Waals surface area contributed by atoms with Crippen molar-refractivity contribution in [1.82, 2.24) is 14.8 Å². The van der Waals surface area contributed by atoms with E-state index in [1.54, 1.807) is 30.8 Å². The highest BCUT2D eigenvalue weighted by atomic mass is 32.1. The van der Waals surface area contributed by atoms with Crippen LogP contribution in [0.3, 0.4) is 0 Å². The van der Waals surface area contributed by atoms with Crippen LogP contribution in [0.25, 0.3) is 0 Å². The zero-order valence-corrected chi connectivity index (χ0v) is 11.0. The predicted octanol–water partition coefficient (Wildman–Crippen LogP) is 1.15. The fourth-order valence-electron chi connectivity index (χ4n) is 1.33. The van der Waals surface area contributed by atoms with Crippen molar-refractivity contribution in [3.05, 3.63) is 29.5 Å². The molecule has 0 aliphatic carbocycles. The van der Waals surface area contributed by atoms with E-state index in [-0.39, 0.29) is 24.8 Å². The Bertz CT molecular complexity index is 564. The van der Waals surface area contributed by atoms with Crippen molar-refractivity contribution < 1.29 is 14.3 Å². The minimum atomic E-state index is -0.494. The van der Waals surface area contributed by atoms with Gasteiger partial charge in [-0.1, -0.05) is 0 Å². The third kappa shape index (κ3) is 3.62. The number of ether oxygens (including phenoxy) is 1. The van der Waals surface area contributed by atoms with Crippen molar-refractivity contribution in [3.63, 3.8) is 0 Å². The van der Waals surface area contributed by atoms with E-state index in [1.165, 1.54) is 16.0 Å². The smallest absolute Gasteiger partial charge is 0.357 e. The fourth-order valence-corrected chi connectivity index (χ4v) is 2.03. The Morgan fingerprint density at radius 3 is 3.05 bits per heavy atom. The normalized spacial score (nSPS) is 10.2. The van der Waals surface area contributed by atoms with Crippen LogP contribution in [0.2, 0.25) is 0 Å². The monoisotopic (exact) mass is 280 g/mol. The minimum Gasteiger partial charge on any atom is -0.461 e. The third-order valence-corrected chi connectivity index (χ3v) is 2.86. The molecule has 2 heterocycles. The summed E-state index contributed by atoms with van der Waals surface area (Å²) in [6, 6.07) is 1.73. The molecule has 19 heavy (non-hydrogen) atoms. The van der Waals surface area contributed by atoms with E-state index in [2.05, 4.69) is 15.4 Å². The second-order valence-corrected chi connectivity index (χ2v) is 4.37. The second-order valence-electron chi connectivity index (χ2n) is 3.51. The Labute approximate surface area is 113 Å². The van der Waals surface area contributed by atoms with Crippen LogP contribution in [0, 0.1) is 0 Å². The number of esters is 1. The van der Waals surface area contributed by atoms with E-state index in [4.69, 9.17) is 4.74 Å². The Hall–Kier alpha value is -2.22. The summed E-state index contributed by atoms with van der Waals surface area (Å²) >= 11 is 1.17. The molecule has 0 aliphatic rings. The van der Waals surface area contributed by atoms with Gasteiger partial charge in [-0.3, -0.25) is 9.48 Å². The third-order valence-electron chi connectivity index (χ3n) is 2.10. The summed E-state index contributed by atoms with van der Waals surface area (Å²) in [7, 11) is 0. The molecule has 0 unspecified atom stereocenters. The van der Waals surface area contributed by atoms with Gasteiger partial charge >= 0.3 is 5.97 Å². The maximum absolute atomic E-state index is 11.7. The summed E-state index contributed by atoms with van der Waals surface area (Å²) in [6.07, 6.45) is 3.28. The second kappa shape index (κ2) is 6.10. The Morgan fingerprint density at radius 1 is 1.53 bits per heavy atom. The molecule has 2 aromatic rings. The first-order valence-electron chi connectivity index (χ1n) is 5.59. The topological polar surface area (TPSA) is 86.1 Å². The highest BCUT2D eigenvalue weighted by Gasteiger charge is 2.13. The predicted molar refractivity (Wildman–Crippen MR) is 68.9 cm³/mol. The molecule has 0 bridgehead atoms. The van der Waals surface area contributed by atoms with Crippen molar-refractivity contribution in [3.8, 4) is 0 Å². The van der Waals surface area contributed by atoms with E-state index in [1.807, 2.05) is 0 Å². The standard InChI is InChI=1S/C11H12N4O3S/c1-2-18-10(17)8-7-19-11(13-8)14-9(16)6-15-5-3-4-12-15/h3-5,7H,2,6H2,1H3,(H,13,14,16). The van der Waals surface area contributed by atoms with Gasteiger partial charge in [0.25, 0.3) is 0 Å². The summed E-state index contributed by atoms with van der Waals surface area (Å²) in [5, 5.41) is 8.42. The number of hydrogen-bond acceptors (Lipinski definition) is 6. The number of nitrogens with one attached hydrogen (secondary N) is 1. The van der Waals surface area contributed by atoms with Gasteiger partial charge in [0, 0.05) is 17.8 Å². The first-order chi connectivity index (χ1) is 9.19. The maximum atomic E-state index is 11.7. The SMILES string of the molecule is CCOC(=O)c1csc(NC(=O)Cn2cccn2)n1. The number of amides is 1. The van der Waals surface area contributed by atoms with Crippen molar-refractivity contribution in [2.45, 2.75) is 13.5 Å². The number of carbonyl (C=O) groups is 2. The zero-order valence-electron chi connectivity index (χ0n) is 10.2. The van der Waals surface area contributed by atoms with Crippen LogP contribution in [0.15, 0.2) is 23.8 Å². The molecule has 8 heteroatoms. The van der Waals surface area contributed by atoms with Crippen LogP contribution in [0.1, 0.15) is 17.4 Å². The largest absolute Gasteiger partial charge is 0.461 e. The quantitative estimate of drug-likeness (QED) is 0.830. The van der Waals surface area contributed by atoms with Gasteiger partial charge in [0.1, 0.15) is 6.54 Å². The summed E-state index contributed by atoms with van der Waals surface area (Å²) in [5.41, 5.74) is 0.196. The lowest BCUT2D eigenvalue weighted by molar-refractivity contribution is -0.116. The summed E-state index contributed by atoms with van der Waals surface area (Å²) in [4.78, 5) is 27.0. The number of nitrogens with zero attached hydrogens (tertiary/aromatic N) is 3. The number of anilines is 1. The van der Waals surface area contributed by atoms with Crippen molar-refractivity contribution in [2.75, 3.05) is 11.9 Å². The first-order valence-corrected chi connectivity index (χ1v) is 6.47. The van der Waals surface area contributed by atoms with Crippen molar-refractivity contribution in [2.24, 2.45) is 0 Å². The minimum absolute atomic E-state index is 0.0985. The number of carbonyl (C=O) groups excluding carboxylic acids is 2. The van der Waals surface area contributed by atoms with Gasteiger partial charge < -0.3 is 10.1 Å². The van der Waals surface area contributed by atoms with E-state index >= 15 is 0 Å². The van der Waals surface area contributed by atoms with Gasteiger partial charge in [-0.05, 0) is 13.0 Å². The Balaban J connectivity index is 1.92. The average molecular weight is 280 g/mol. The average Bonchev–Trinajstić information content (AvgIpc) is 3.00. The van der Waals surface area contributed by atoms with E-state index in [0.29, 0.717) is 5.13 Å². The molecule has 2 rings (SSSR count). The van der Waals surface area contributed by atoms with Crippen LogP contribution in [0.4, 0.5) is 5.13 Å². The van der Waals surface area contributed by atoms with Crippen LogP contribution < -0.4 is 5.32 Å². The molecular formula is C11H12N4O3S. The summed E-state index contributed by atoms with van der Waals surface area (Å²) in [5.74, 6) is -0.750. The lowest BCUT2D eigenvalue weighted by Crippen LogP contribution is -2.19. The fraction of sp³-hybridized carbons (Fsp3) is 0.273. The molecule has 0 atom stereocenters. The van der Waals surface area contributed by atoms with Crippen LogP contribution in [-0.4, -0.2) is 33.2 Å². The molecule has 1 N–H and O–H groups in total. The van der Waals surface area contributed by atoms with Crippen molar-refractivity contribution in [1.29, 1.82) is 0 Å². The molecular weight excluding hydrogens is 268 g/mol. The molecule has 100 valence electrons. The Morgan fingerprint density at radius 2 is 2.37 bits per heavy atom. The Kier molecular flexibility index (Phi) is 4.24. The number of hydrogen-bond donors (Lipinski definition) is 1. The maximum Gasteiger partial charge on any atom is 0.357 e.